The van der Waals surface area contributed by atoms with E-state index in [1.54, 1.807) is 17.8 Å². The molecule has 1 heterocycles. The van der Waals surface area contributed by atoms with Crippen molar-refractivity contribution in [3.63, 3.8) is 0 Å². The van der Waals surface area contributed by atoms with Gasteiger partial charge in [-0.05, 0) is 30.9 Å². The summed E-state index contributed by atoms with van der Waals surface area (Å²) in [6, 6.07) is 3.08. The zero-order valence-corrected chi connectivity index (χ0v) is 11.2. The summed E-state index contributed by atoms with van der Waals surface area (Å²) in [4.78, 5) is 15.0. The molecule has 0 saturated heterocycles. The van der Waals surface area contributed by atoms with E-state index in [0.717, 1.165) is 18.8 Å². The molecule has 0 aromatic carbocycles. The molecule has 18 heavy (non-hydrogen) atoms. The van der Waals surface area contributed by atoms with Crippen LogP contribution in [0.5, 0.6) is 0 Å². The number of nitrogen functional groups attached to an aromatic ring is 1. The molecule has 1 saturated carbocycles. The normalized spacial score (nSPS) is 23.8. The van der Waals surface area contributed by atoms with Gasteiger partial charge in [-0.1, -0.05) is 19.8 Å². The summed E-state index contributed by atoms with van der Waals surface area (Å²) in [7, 11) is 0. The van der Waals surface area contributed by atoms with Gasteiger partial charge in [0.25, 0.3) is 0 Å². The van der Waals surface area contributed by atoms with Gasteiger partial charge in [0.1, 0.15) is 10.7 Å². The molecule has 5 heteroatoms. The Bertz CT molecular complexity index is 451. The Morgan fingerprint density at radius 3 is 2.94 bits per heavy atom. The number of rotatable bonds is 3. The molecule has 0 amide bonds. The van der Waals surface area contributed by atoms with Crippen molar-refractivity contribution < 1.29 is 9.90 Å². The van der Waals surface area contributed by atoms with Crippen LogP contribution in [0.1, 0.15) is 43.1 Å². The van der Waals surface area contributed by atoms with E-state index in [2.05, 4.69) is 11.9 Å². The third kappa shape index (κ3) is 3.16. The predicted molar refractivity (Wildman–Crippen MR) is 72.9 cm³/mol. The van der Waals surface area contributed by atoms with Crippen LogP contribution < -0.4 is 5.73 Å². The monoisotopic (exact) mass is 266 g/mol. The molecule has 3 N–H and O–H groups in total. The number of aromatic carboxylic acids is 1. The zero-order valence-electron chi connectivity index (χ0n) is 10.4. The molecule has 1 fully saturated rings. The highest BCUT2D eigenvalue weighted by Gasteiger charge is 2.21. The third-order valence-corrected chi connectivity index (χ3v) is 4.59. The number of carboxylic acids is 1. The highest BCUT2D eigenvalue weighted by molar-refractivity contribution is 8.00. The minimum Gasteiger partial charge on any atom is -0.477 e. The highest BCUT2D eigenvalue weighted by atomic mass is 32.2. The summed E-state index contributed by atoms with van der Waals surface area (Å²) in [6.45, 7) is 2.26. The molecule has 2 unspecified atom stereocenters. The average molecular weight is 266 g/mol. The van der Waals surface area contributed by atoms with Crippen LogP contribution in [0, 0.1) is 5.92 Å². The van der Waals surface area contributed by atoms with Crippen LogP contribution in [0.2, 0.25) is 0 Å². The zero-order chi connectivity index (χ0) is 13.1. The van der Waals surface area contributed by atoms with Gasteiger partial charge < -0.3 is 10.8 Å². The minimum atomic E-state index is -1.01. The first-order chi connectivity index (χ1) is 8.56. The van der Waals surface area contributed by atoms with Crippen molar-refractivity contribution in [1.82, 2.24) is 4.98 Å². The van der Waals surface area contributed by atoms with Crippen molar-refractivity contribution in [2.75, 3.05) is 5.73 Å². The molecule has 1 aliphatic carbocycles. The van der Waals surface area contributed by atoms with Gasteiger partial charge in [0.05, 0.1) is 5.69 Å². The number of carboxylic acid groups (broad SMARTS) is 1. The molecule has 0 aliphatic heterocycles. The van der Waals surface area contributed by atoms with Gasteiger partial charge in [0.2, 0.25) is 0 Å². The maximum atomic E-state index is 10.9. The lowest BCUT2D eigenvalue weighted by molar-refractivity contribution is 0.0690. The Morgan fingerprint density at radius 2 is 2.28 bits per heavy atom. The Morgan fingerprint density at radius 1 is 1.50 bits per heavy atom. The van der Waals surface area contributed by atoms with Gasteiger partial charge in [-0.25, -0.2) is 9.78 Å². The second kappa shape index (κ2) is 5.61. The van der Waals surface area contributed by atoms with Gasteiger partial charge in [-0.3, -0.25) is 0 Å². The number of carbonyl (C=O) groups is 1. The SMILES string of the molecule is CC1CCCC(Sc2nc(C(=O)O)ccc2N)C1. The third-order valence-electron chi connectivity index (χ3n) is 3.28. The number of pyridine rings is 1. The second-order valence-corrected chi connectivity index (χ2v) is 6.20. The molecule has 1 aromatic rings. The van der Waals surface area contributed by atoms with Crippen LogP contribution in [0.25, 0.3) is 0 Å². The van der Waals surface area contributed by atoms with Gasteiger partial charge in [0, 0.05) is 5.25 Å². The number of aromatic nitrogens is 1. The molecule has 2 rings (SSSR count). The highest BCUT2D eigenvalue weighted by Crippen LogP contribution is 2.37. The molecule has 98 valence electrons. The average Bonchev–Trinajstić information content (AvgIpc) is 2.31. The standard InChI is InChI=1S/C13H18N2O2S/c1-8-3-2-4-9(7-8)18-12-10(14)5-6-11(15-12)13(16)17/h5-6,8-9H,2-4,7,14H2,1H3,(H,16,17). The number of anilines is 1. The summed E-state index contributed by atoms with van der Waals surface area (Å²) in [5, 5.41) is 10.1. The summed E-state index contributed by atoms with van der Waals surface area (Å²) in [5.74, 6) is -0.269. The maximum Gasteiger partial charge on any atom is 0.354 e. The summed E-state index contributed by atoms with van der Waals surface area (Å²) in [6.07, 6.45) is 4.84. The summed E-state index contributed by atoms with van der Waals surface area (Å²) < 4.78 is 0. The predicted octanol–water partition coefficient (Wildman–Crippen LogP) is 3.03. The molecule has 1 aliphatic rings. The fraction of sp³-hybridized carbons (Fsp3) is 0.538. The fourth-order valence-electron chi connectivity index (χ4n) is 2.31. The molecule has 2 atom stereocenters. The summed E-state index contributed by atoms with van der Waals surface area (Å²) >= 11 is 1.63. The van der Waals surface area contributed by atoms with Crippen LogP contribution in [0.15, 0.2) is 17.2 Å². The molecule has 0 radical (unpaired) electrons. The molecule has 4 nitrogen and oxygen atoms in total. The number of hydrogen-bond acceptors (Lipinski definition) is 4. The molecule has 0 bridgehead atoms. The minimum absolute atomic E-state index is 0.0653. The Hall–Kier alpha value is -1.23. The number of nitrogens with two attached hydrogens (primary N) is 1. The van der Waals surface area contributed by atoms with E-state index >= 15 is 0 Å². The lowest BCUT2D eigenvalue weighted by Gasteiger charge is -2.26. The number of thioether (sulfide) groups is 1. The second-order valence-electron chi connectivity index (χ2n) is 4.91. The van der Waals surface area contributed by atoms with E-state index in [4.69, 9.17) is 10.8 Å². The largest absolute Gasteiger partial charge is 0.477 e. The van der Waals surface area contributed by atoms with Crippen LogP contribution in [-0.2, 0) is 0 Å². The van der Waals surface area contributed by atoms with Crippen molar-refractivity contribution in [1.29, 1.82) is 0 Å². The quantitative estimate of drug-likeness (QED) is 0.879. The number of hydrogen-bond donors (Lipinski definition) is 2. The molecule has 0 spiro atoms. The number of nitrogens with zero attached hydrogens (tertiary/aromatic N) is 1. The van der Waals surface area contributed by atoms with Crippen LogP contribution in [-0.4, -0.2) is 21.3 Å². The van der Waals surface area contributed by atoms with E-state index in [-0.39, 0.29) is 5.69 Å². The van der Waals surface area contributed by atoms with E-state index in [1.165, 1.54) is 18.9 Å². The molecular weight excluding hydrogens is 248 g/mol. The summed E-state index contributed by atoms with van der Waals surface area (Å²) in [5.41, 5.74) is 6.50. The molecular formula is C13H18N2O2S. The van der Waals surface area contributed by atoms with Crippen molar-refractivity contribution in [3.8, 4) is 0 Å². The van der Waals surface area contributed by atoms with Gasteiger partial charge >= 0.3 is 5.97 Å². The lowest BCUT2D eigenvalue weighted by atomic mass is 9.91. The topological polar surface area (TPSA) is 76.2 Å². The van der Waals surface area contributed by atoms with E-state index in [1.807, 2.05) is 0 Å². The van der Waals surface area contributed by atoms with Crippen LogP contribution in [0.4, 0.5) is 5.69 Å². The Labute approximate surface area is 111 Å². The van der Waals surface area contributed by atoms with Crippen LogP contribution >= 0.6 is 11.8 Å². The first kappa shape index (κ1) is 13.2. The van der Waals surface area contributed by atoms with E-state index in [0.29, 0.717) is 16.0 Å². The Kier molecular flexibility index (Phi) is 4.11. The van der Waals surface area contributed by atoms with Crippen molar-refractivity contribution >= 4 is 23.4 Å². The van der Waals surface area contributed by atoms with Gasteiger partial charge in [0.15, 0.2) is 0 Å². The first-order valence-electron chi connectivity index (χ1n) is 6.22. The van der Waals surface area contributed by atoms with E-state index in [9.17, 15) is 4.79 Å². The fourth-order valence-corrected chi connectivity index (χ4v) is 3.69. The van der Waals surface area contributed by atoms with Crippen molar-refractivity contribution in [2.24, 2.45) is 5.92 Å². The molecule has 1 aromatic heterocycles. The van der Waals surface area contributed by atoms with Crippen molar-refractivity contribution in [3.05, 3.63) is 17.8 Å². The smallest absolute Gasteiger partial charge is 0.354 e. The van der Waals surface area contributed by atoms with Gasteiger partial charge in [-0.15, -0.1) is 11.8 Å². The van der Waals surface area contributed by atoms with Crippen molar-refractivity contribution in [2.45, 2.75) is 42.9 Å². The maximum absolute atomic E-state index is 10.9. The van der Waals surface area contributed by atoms with E-state index < -0.39 is 5.97 Å². The van der Waals surface area contributed by atoms with Crippen LogP contribution in [0.3, 0.4) is 0 Å². The lowest BCUT2D eigenvalue weighted by Crippen LogP contribution is -2.15. The Balaban J connectivity index is 2.12. The first-order valence-corrected chi connectivity index (χ1v) is 7.10. The van der Waals surface area contributed by atoms with Gasteiger partial charge in [-0.2, -0.15) is 0 Å².